The number of rotatable bonds is 8. The fourth-order valence-corrected chi connectivity index (χ4v) is 5.70. The Morgan fingerprint density at radius 3 is 2.49 bits per heavy atom. The number of aryl methyl sites for hydroxylation is 2. The smallest absolute Gasteiger partial charge is 0.271 e. The van der Waals surface area contributed by atoms with Gasteiger partial charge in [-0.05, 0) is 52.5 Å². The molecular weight excluding hydrogens is 488 g/mol. The molecule has 2 aliphatic carbocycles. The second kappa shape index (κ2) is 8.83. The summed E-state index contributed by atoms with van der Waals surface area (Å²) in [4.78, 5) is 44.9. The van der Waals surface area contributed by atoms with E-state index in [2.05, 4.69) is 20.2 Å². The largest absolute Gasteiger partial charge is 0.339 e. The SMILES string of the molecule is CCn1c(C(=O)N(C2CC2)C2CC2)cc2c3c(ncn3C)c(Nc3ncc(C(=O)N(C)C(C)C)s3)nc21. The van der Waals surface area contributed by atoms with Crippen LogP contribution >= 0.6 is 11.3 Å². The molecule has 11 heteroatoms. The van der Waals surface area contributed by atoms with E-state index in [1.54, 1.807) is 24.5 Å². The Kier molecular flexibility index (Phi) is 5.70. The van der Waals surface area contributed by atoms with Crippen molar-refractivity contribution in [3.05, 3.63) is 29.2 Å². The molecule has 10 nitrogen and oxygen atoms in total. The monoisotopic (exact) mass is 520 g/mol. The summed E-state index contributed by atoms with van der Waals surface area (Å²) in [6, 6.07) is 2.84. The first-order valence-electron chi connectivity index (χ1n) is 12.9. The summed E-state index contributed by atoms with van der Waals surface area (Å²) >= 11 is 1.29. The van der Waals surface area contributed by atoms with E-state index in [4.69, 9.17) is 4.98 Å². The van der Waals surface area contributed by atoms with Crippen molar-refractivity contribution in [1.29, 1.82) is 0 Å². The van der Waals surface area contributed by atoms with Crippen LogP contribution in [0.5, 0.6) is 0 Å². The Morgan fingerprint density at radius 1 is 1.16 bits per heavy atom. The number of carbonyl (C=O) groups excluding carboxylic acids is 2. The second-order valence-corrected chi connectivity index (χ2v) is 11.4. The molecule has 0 atom stereocenters. The van der Waals surface area contributed by atoms with Gasteiger partial charge in [-0.3, -0.25) is 9.59 Å². The standard InChI is InChI=1S/C26H32N8O2S/c1-6-33-18(24(35)34(15-7-8-15)16-9-10-16)11-17-21-20(28-13-31(21)4)22(29-23(17)33)30-26-27-12-19(37-26)25(36)32(5)14(2)3/h11-16H,6-10H2,1-5H3,(H,27,29,30). The molecule has 0 aromatic carbocycles. The molecule has 2 amide bonds. The Bertz CT molecular complexity index is 1510. The van der Waals surface area contributed by atoms with E-state index < -0.39 is 0 Å². The van der Waals surface area contributed by atoms with E-state index in [0.717, 1.165) is 42.2 Å². The van der Waals surface area contributed by atoms with Gasteiger partial charge in [0.1, 0.15) is 21.7 Å². The van der Waals surface area contributed by atoms with Gasteiger partial charge in [0.05, 0.1) is 18.0 Å². The number of pyridine rings is 1. The predicted molar refractivity (Wildman–Crippen MR) is 145 cm³/mol. The zero-order valence-electron chi connectivity index (χ0n) is 21.9. The molecule has 0 spiro atoms. The molecule has 4 heterocycles. The molecule has 2 aliphatic rings. The molecule has 4 aromatic rings. The third-order valence-corrected chi connectivity index (χ3v) is 8.29. The predicted octanol–water partition coefficient (Wildman–Crippen LogP) is 4.39. The van der Waals surface area contributed by atoms with Gasteiger partial charge >= 0.3 is 0 Å². The quantitative estimate of drug-likeness (QED) is 0.370. The third kappa shape index (κ3) is 4.05. The minimum atomic E-state index is -0.0640. The van der Waals surface area contributed by atoms with Crippen LogP contribution in [0.15, 0.2) is 18.6 Å². The first-order chi connectivity index (χ1) is 17.8. The topological polar surface area (TPSA) is 101 Å². The van der Waals surface area contributed by atoms with E-state index >= 15 is 0 Å². The average molecular weight is 521 g/mol. The van der Waals surface area contributed by atoms with Crippen molar-refractivity contribution in [3.63, 3.8) is 0 Å². The number of carbonyl (C=O) groups is 2. The van der Waals surface area contributed by atoms with Crippen molar-refractivity contribution in [2.75, 3.05) is 12.4 Å². The van der Waals surface area contributed by atoms with Gasteiger partial charge in [-0.25, -0.2) is 15.0 Å². The van der Waals surface area contributed by atoms with Crippen molar-refractivity contribution >= 4 is 56.2 Å². The van der Waals surface area contributed by atoms with Crippen molar-refractivity contribution in [2.45, 2.75) is 71.1 Å². The molecule has 0 unspecified atom stereocenters. The highest BCUT2D eigenvalue weighted by Crippen LogP contribution is 2.40. The molecule has 2 saturated carbocycles. The van der Waals surface area contributed by atoms with Gasteiger partial charge in [0.25, 0.3) is 11.8 Å². The highest BCUT2D eigenvalue weighted by Gasteiger charge is 2.43. The first-order valence-corrected chi connectivity index (χ1v) is 13.8. The highest BCUT2D eigenvalue weighted by molar-refractivity contribution is 7.17. The number of anilines is 2. The summed E-state index contributed by atoms with van der Waals surface area (Å²) in [5.74, 6) is 0.597. The van der Waals surface area contributed by atoms with Crippen molar-refractivity contribution in [3.8, 4) is 0 Å². The minimum absolute atomic E-state index is 0.0640. The summed E-state index contributed by atoms with van der Waals surface area (Å²) in [7, 11) is 3.74. The Hall–Kier alpha value is -3.47. The molecule has 0 bridgehead atoms. The van der Waals surface area contributed by atoms with Crippen LogP contribution < -0.4 is 5.32 Å². The summed E-state index contributed by atoms with van der Waals surface area (Å²) in [5, 5.41) is 4.78. The number of hydrogen-bond acceptors (Lipinski definition) is 7. The van der Waals surface area contributed by atoms with Gasteiger partial charge in [-0.2, -0.15) is 0 Å². The zero-order chi connectivity index (χ0) is 26.0. The number of aromatic nitrogens is 5. The van der Waals surface area contributed by atoms with Crippen molar-refractivity contribution in [2.24, 2.45) is 7.05 Å². The molecule has 0 aliphatic heterocycles. The van der Waals surface area contributed by atoms with Crippen LogP contribution in [0.25, 0.3) is 22.1 Å². The fourth-order valence-electron chi connectivity index (χ4n) is 4.91. The molecule has 6 rings (SSSR count). The Morgan fingerprint density at radius 2 is 1.86 bits per heavy atom. The number of fused-ring (bicyclic) bond motifs is 3. The van der Waals surface area contributed by atoms with Gasteiger partial charge in [-0.15, -0.1) is 0 Å². The van der Waals surface area contributed by atoms with Crippen LogP contribution in [0, 0.1) is 0 Å². The number of imidazole rings is 1. The molecule has 0 saturated heterocycles. The number of nitrogens with one attached hydrogen (secondary N) is 1. The molecule has 1 N–H and O–H groups in total. The summed E-state index contributed by atoms with van der Waals surface area (Å²) < 4.78 is 3.98. The Balaban J connectivity index is 1.41. The zero-order valence-corrected chi connectivity index (χ0v) is 22.7. The van der Waals surface area contributed by atoms with E-state index in [-0.39, 0.29) is 17.9 Å². The van der Waals surface area contributed by atoms with Crippen LogP contribution in [0.1, 0.15) is 66.6 Å². The maximum absolute atomic E-state index is 13.8. The fraction of sp³-hybridized carbons (Fsp3) is 0.500. The summed E-state index contributed by atoms with van der Waals surface area (Å²) in [6.07, 6.45) is 7.74. The number of nitrogens with zero attached hydrogens (tertiary/aromatic N) is 7. The van der Waals surface area contributed by atoms with E-state index in [1.807, 2.05) is 43.0 Å². The maximum atomic E-state index is 13.8. The van der Waals surface area contributed by atoms with E-state index in [0.29, 0.717) is 45.7 Å². The van der Waals surface area contributed by atoms with E-state index in [1.165, 1.54) is 11.3 Å². The Labute approximate surface area is 219 Å². The maximum Gasteiger partial charge on any atom is 0.271 e. The normalized spacial score (nSPS) is 15.6. The number of amides is 2. The lowest BCUT2D eigenvalue weighted by atomic mass is 10.2. The summed E-state index contributed by atoms with van der Waals surface area (Å²) in [5.41, 5.74) is 3.03. The lowest BCUT2D eigenvalue weighted by Gasteiger charge is -2.22. The second-order valence-electron chi connectivity index (χ2n) is 10.4. The number of hydrogen-bond donors (Lipinski definition) is 1. The van der Waals surface area contributed by atoms with Crippen molar-refractivity contribution in [1.82, 2.24) is 33.9 Å². The van der Waals surface area contributed by atoms with Gasteiger partial charge in [0, 0.05) is 44.2 Å². The lowest BCUT2D eigenvalue weighted by Crippen LogP contribution is -2.36. The van der Waals surface area contributed by atoms with E-state index in [9.17, 15) is 9.59 Å². The highest BCUT2D eigenvalue weighted by atomic mass is 32.1. The van der Waals surface area contributed by atoms with Gasteiger partial charge in [-0.1, -0.05) is 11.3 Å². The lowest BCUT2D eigenvalue weighted by molar-refractivity contribution is 0.0718. The van der Waals surface area contributed by atoms with Crippen LogP contribution in [-0.2, 0) is 13.6 Å². The molecule has 0 radical (unpaired) electrons. The van der Waals surface area contributed by atoms with Crippen LogP contribution in [0.3, 0.4) is 0 Å². The molecular formula is C26H32N8O2S. The average Bonchev–Trinajstić information content (AvgIpc) is 3.78. The van der Waals surface area contributed by atoms with Crippen LogP contribution in [-0.4, -0.2) is 70.9 Å². The minimum Gasteiger partial charge on any atom is -0.339 e. The first kappa shape index (κ1) is 23.9. The van der Waals surface area contributed by atoms with Crippen LogP contribution in [0.4, 0.5) is 10.9 Å². The van der Waals surface area contributed by atoms with Gasteiger partial charge in [0.15, 0.2) is 10.9 Å². The molecule has 194 valence electrons. The van der Waals surface area contributed by atoms with Gasteiger partial charge < -0.3 is 24.3 Å². The molecule has 2 fully saturated rings. The summed E-state index contributed by atoms with van der Waals surface area (Å²) in [6.45, 7) is 6.62. The van der Waals surface area contributed by atoms with Crippen molar-refractivity contribution < 1.29 is 9.59 Å². The van der Waals surface area contributed by atoms with Crippen LogP contribution in [0.2, 0.25) is 0 Å². The molecule has 4 aromatic heterocycles. The molecule has 37 heavy (non-hydrogen) atoms. The van der Waals surface area contributed by atoms with Gasteiger partial charge in [0.2, 0.25) is 0 Å². The number of thiazole rings is 1. The third-order valence-electron chi connectivity index (χ3n) is 7.39.